The molecule has 1 fully saturated rings. The number of aromatic nitrogens is 3. The van der Waals surface area contributed by atoms with Gasteiger partial charge in [-0.15, -0.1) is 0 Å². The van der Waals surface area contributed by atoms with Gasteiger partial charge in [-0.05, 0) is 37.6 Å². The van der Waals surface area contributed by atoms with Crippen LogP contribution in [0.2, 0.25) is 0 Å². The number of rotatable bonds is 7. The summed E-state index contributed by atoms with van der Waals surface area (Å²) < 4.78 is 1.73. The quantitative estimate of drug-likeness (QED) is 0.358. The average Bonchev–Trinajstić information content (AvgIpc) is 3.37. The highest BCUT2D eigenvalue weighted by Gasteiger charge is 2.20. The van der Waals surface area contributed by atoms with Gasteiger partial charge in [-0.1, -0.05) is 30.3 Å². The van der Waals surface area contributed by atoms with Gasteiger partial charge >= 0.3 is 0 Å². The standard InChI is InChI=1S/C30H32N8/c1-21(32)29(22(2)33-3)25-15-27(30-26(16-31)18-35-38(30)20-25)24-9-10-28(34-17-24)37-13-11-36(12-14-37)19-23-7-5-4-6-8-23/h4-10,15,17-18,20,32-33H,11-14,19H2,1-3H3/b29-22+,32-21?. The molecule has 0 spiro atoms. The molecule has 0 saturated carbocycles. The van der Waals surface area contributed by atoms with Crippen molar-refractivity contribution < 1.29 is 0 Å². The molecule has 0 atom stereocenters. The zero-order valence-electron chi connectivity index (χ0n) is 22.1. The summed E-state index contributed by atoms with van der Waals surface area (Å²) in [6.45, 7) is 8.54. The van der Waals surface area contributed by atoms with E-state index in [9.17, 15) is 5.26 Å². The van der Waals surface area contributed by atoms with E-state index >= 15 is 0 Å². The topological polar surface area (TPSA) is 96.3 Å². The Morgan fingerprint density at radius 1 is 1.05 bits per heavy atom. The number of nitrogens with zero attached hydrogens (tertiary/aromatic N) is 6. The highest BCUT2D eigenvalue weighted by Crippen LogP contribution is 2.32. The predicted molar refractivity (Wildman–Crippen MR) is 152 cm³/mol. The highest BCUT2D eigenvalue weighted by atomic mass is 15.3. The van der Waals surface area contributed by atoms with Gasteiger partial charge < -0.3 is 15.6 Å². The molecular weight excluding hydrogens is 472 g/mol. The van der Waals surface area contributed by atoms with E-state index in [2.05, 4.69) is 68.7 Å². The van der Waals surface area contributed by atoms with Crippen LogP contribution in [0.15, 0.2) is 72.8 Å². The first-order chi connectivity index (χ1) is 18.5. The molecule has 1 aliphatic rings. The van der Waals surface area contributed by atoms with E-state index in [-0.39, 0.29) is 0 Å². The monoisotopic (exact) mass is 504 g/mol. The number of nitrogens with one attached hydrogen (secondary N) is 2. The second-order valence-electron chi connectivity index (χ2n) is 9.63. The van der Waals surface area contributed by atoms with Crippen molar-refractivity contribution in [2.45, 2.75) is 20.4 Å². The Morgan fingerprint density at radius 2 is 1.82 bits per heavy atom. The molecular formula is C30H32N8. The van der Waals surface area contributed by atoms with Crippen LogP contribution in [0, 0.1) is 16.7 Å². The minimum atomic E-state index is 0.453. The molecule has 1 saturated heterocycles. The number of anilines is 1. The van der Waals surface area contributed by atoms with E-state index in [4.69, 9.17) is 10.4 Å². The Hall–Kier alpha value is -4.48. The third-order valence-electron chi connectivity index (χ3n) is 7.15. The number of fused-ring (bicyclic) bond motifs is 1. The fraction of sp³-hybridized carbons (Fsp3) is 0.267. The van der Waals surface area contributed by atoms with Gasteiger partial charge in [0.25, 0.3) is 0 Å². The van der Waals surface area contributed by atoms with Crippen LogP contribution in [0.5, 0.6) is 0 Å². The predicted octanol–water partition coefficient (Wildman–Crippen LogP) is 4.58. The van der Waals surface area contributed by atoms with Crippen LogP contribution in [0.4, 0.5) is 5.82 Å². The van der Waals surface area contributed by atoms with Gasteiger partial charge in [-0.2, -0.15) is 10.4 Å². The van der Waals surface area contributed by atoms with Gasteiger partial charge in [0.05, 0.1) is 17.3 Å². The molecule has 1 aliphatic heterocycles. The Kier molecular flexibility index (Phi) is 7.20. The van der Waals surface area contributed by atoms with E-state index in [1.807, 2.05) is 32.4 Å². The molecule has 0 unspecified atom stereocenters. The summed E-state index contributed by atoms with van der Waals surface area (Å²) in [7, 11) is 1.85. The van der Waals surface area contributed by atoms with E-state index in [0.29, 0.717) is 11.3 Å². The van der Waals surface area contributed by atoms with Crippen molar-refractivity contribution in [2.24, 2.45) is 0 Å². The second-order valence-corrected chi connectivity index (χ2v) is 9.63. The molecule has 8 heteroatoms. The molecule has 38 heavy (non-hydrogen) atoms. The zero-order chi connectivity index (χ0) is 26.6. The van der Waals surface area contributed by atoms with E-state index in [1.54, 1.807) is 17.6 Å². The smallest absolute Gasteiger partial charge is 0.128 e. The number of piperazine rings is 1. The highest BCUT2D eigenvalue weighted by molar-refractivity contribution is 6.22. The van der Waals surface area contributed by atoms with Gasteiger partial charge in [0.2, 0.25) is 0 Å². The maximum atomic E-state index is 9.73. The lowest BCUT2D eigenvalue weighted by Gasteiger charge is -2.35. The summed E-state index contributed by atoms with van der Waals surface area (Å²) in [6, 6.07) is 19.0. The number of hydrogen-bond donors (Lipinski definition) is 2. The summed E-state index contributed by atoms with van der Waals surface area (Å²) in [4.78, 5) is 9.63. The first kappa shape index (κ1) is 25.2. The Bertz CT molecular complexity index is 1520. The number of pyridine rings is 2. The van der Waals surface area contributed by atoms with Crippen LogP contribution in [-0.2, 0) is 6.54 Å². The van der Waals surface area contributed by atoms with Crippen molar-refractivity contribution in [3.63, 3.8) is 0 Å². The van der Waals surface area contributed by atoms with Crippen molar-refractivity contribution >= 4 is 22.6 Å². The van der Waals surface area contributed by atoms with Gasteiger partial charge in [-0.25, -0.2) is 9.50 Å². The molecule has 1 aromatic carbocycles. The summed E-state index contributed by atoms with van der Waals surface area (Å²) in [5.74, 6) is 0.955. The van der Waals surface area contributed by atoms with Gasteiger partial charge in [-0.3, -0.25) is 4.90 Å². The fourth-order valence-electron chi connectivity index (χ4n) is 5.11. The molecule has 3 aromatic heterocycles. The molecule has 8 nitrogen and oxygen atoms in total. The number of benzene rings is 1. The molecule has 4 heterocycles. The first-order valence-corrected chi connectivity index (χ1v) is 12.8. The lowest BCUT2D eigenvalue weighted by Crippen LogP contribution is -2.46. The van der Waals surface area contributed by atoms with E-state index in [1.165, 1.54) is 5.56 Å². The van der Waals surface area contributed by atoms with Gasteiger partial charge in [0.15, 0.2) is 0 Å². The summed E-state index contributed by atoms with van der Waals surface area (Å²) in [6.07, 6.45) is 5.35. The van der Waals surface area contributed by atoms with Crippen molar-refractivity contribution in [2.75, 3.05) is 38.1 Å². The molecule has 0 aliphatic carbocycles. The zero-order valence-corrected chi connectivity index (χ0v) is 22.1. The minimum Gasteiger partial charge on any atom is -0.391 e. The molecule has 2 N–H and O–H groups in total. The normalized spacial score (nSPS) is 14.7. The van der Waals surface area contributed by atoms with E-state index in [0.717, 1.165) is 72.0 Å². The molecule has 4 aromatic rings. The Balaban J connectivity index is 1.42. The third-order valence-corrected chi connectivity index (χ3v) is 7.15. The summed E-state index contributed by atoms with van der Waals surface area (Å²) in [5.41, 5.74) is 7.38. The van der Waals surface area contributed by atoms with Crippen molar-refractivity contribution in [1.82, 2.24) is 24.8 Å². The van der Waals surface area contributed by atoms with Crippen molar-refractivity contribution in [1.29, 1.82) is 10.7 Å². The minimum absolute atomic E-state index is 0.453. The van der Waals surface area contributed by atoms with Gasteiger partial charge in [0.1, 0.15) is 11.9 Å². The average molecular weight is 505 g/mol. The van der Waals surface area contributed by atoms with Crippen LogP contribution in [-0.4, -0.2) is 58.4 Å². The number of allylic oxidation sites excluding steroid dienone is 2. The molecule has 0 amide bonds. The number of nitriles is 1. The maximum absolute atomic E-state index is 9.73. The van der Waals surface area contributed by atoms with Crippen LogP contribution in [0.3, 0.4) is 0 Å². The lowest BCUT2D eigenvalue weighted by molar-refractivity contribution is 0.249. The molecule has 5 rings (SSSR count). The second kappa shape index (κ2) is 10.9. The number of hydrogen-bond acceptors (Lipinski definition) is 7. The van der Waals surface area contributed by atoms with Crippen LogP contribution < -0.4 is 10.2 Å². The van der Waals surface area contributed by atoms with Crippen molar-refractivity contribution in [3.05, 3.63) is 89.5 Å². The molecule has 192 valence electrons. The fourth-order valence-corrected chi connectivity index (χ4v) is 5.11. The molecule has 0 bridgehead atoms. The van der Waals surface area contributed by atoms with Crippen LogP contribution in [0.1, 0.15) is 30.5 Å². The van der Waals surface area contributed by atoms with Crippen molar-refractivity contribution in [3.8, 4) is 17.2 Å². The molecule has 0 radical (unpaired) electrons. The summed E-state index contributed by atoms with van der Waals surface area (Å²) in [5, 5.41) is 25.7. The summed E-state index contributed by atoms with van der Waals surface area (Å²) >= 11 is 0. The van der Waals surface area contributed by atoms with E-state index < -0.39 is 0 Å². The lowest BCUT2D eigenvalue weighted by atomic mass is 9.96. The third kappa shape index (κ3) is 5.01. The SMILES string of the molecule is CN/C(C)=C(\C(C)=N)c1cc(-c2ccc(N3CCN(Cc4ccccc4)CC3)nc2)c2c(C#N)cnn2c1. The Morgan fingerprint density at radius 3 is 2.45 bits per heavy atom. The largest absolute Gasteiger partial charge is 0.391 e. The van der Waals surface area contributed by atoms with Gasteiger partial charge in [0, 0.05) is 85.8 Å². The Labute approximate surface area is 223 Å². The van der Waals surface area contributed by atoms with Crippen LogP contribution >= 0.6 is 0 Å². The van der Waals surface area contributed by atoms with Crippen LogP contribution in [0.25, 0.3) is 22.2 Å². The first-order valence-electron chi connectivity index (χ1n) is 12.8. The maximum Gasteiger partial charge on any atom is 0.128 e.